The lowest BCUT2D eigenvalue weighted by atomic mass is 10.0. The minimum absolute atomic E-state index is 0.0126. The molecule has 0 fully saturated rings. The number of Topliss-reactive ketones (excluding diaryl/α,β-unsaturated/α-hetero) is 1. The highest BCUT2D eigenvalue weighted by Gasteiger charge is 2.14. The first-order valence-electron chi connectivity index (χ1n) is 6.64. The lowest BCUT2D eigenvalue weighted by Crippen LogP contribution is -2.06. The standard InChI is InChI=1S/C17H12O5/c1-8-5-11(9(2)18)7-13-15(19)12-6-10(17(20)21)3-4-14(12)22-16(8)13/h3-7H,1-2H3,(H,20,21). The molecule has 1 heterocycles. The third-order valence-electron chi connectivity index (χ3n) is 3.61. The van der Waals surface area contributed by atoms with Crippen molar-refractivity contribution >= 4 is 33.7 Å². The van der Waals surface area contributed by atoms with E-state index in [1.807, 2.05) is 0 Å². The number of aryl methyl sites for hydroxylation is 1. The Balaban J connectivity index is 2.48. The molecular weight excluding hydrogens is 284 g/mol. The number of hydrogen-bond donors (Lipinski definition) is 1. The fraction of sp³-hybridized carbons (Fsp3) is 0.118. The van der Waals surface area contributed by atoms with Crippen molar-refractivity contribution in [3.8, 4) is 0 Å². The van der Waals surface area contributed by atoms with Crippen LogP contribution in [0.3, 0.4) is 0 Å². The van der Waals surface area contributed by atoms with Crippen molar-refractivity contribution in [1.29, 1.82) is 0 Å². The number of carbonyl (C=O) groups excluding carboxylic acids is 1. The predicted octanol–water partition coefficient (Wildman–Crippen LogP) is 3.16. The summed E-state index contributed by atoms with van der Waals surface area (Å²) in [6.45, 7) is 3.18. The monoisotopic (exact) mass is 296 g/mol. The molecule has 0 bridgehead atoms. The van der Waals surface area contributed by atoms with E-state index in [0.29, 0.717) is 22.3 Å². The third kappa shape index (κ3) is 2.07. The lowest BCUT2D eigenvalue weighted by molar-refractivity contribution is 0.0697. The summed E-state index contributed by atoms with van der Waals surface area (Å²) >= 11 is 0. The Bertz CT molecular complexity index is 1010. The largest absolute Gasteiger partial charge is 0.478 e. The maximum atomic E-state index is 12.6. The predicted molar refractivity (Wildman–Crippen MR) is 81.7 cm³/mol. The first-order valence-corrected chi connectivity index (χ1v) is 6.64. The summed E-state index contributed by atoms with van der Waals surface area (Å²) < 4.78 is 5.72. The van der Waals surface area contributed by atoms with Crippen LogP contribution in [0.15, 0.2) is 39.5 Å². The number of carboxylic acids is 1. The zero-order chi connectivity index (χ0) is 16.0. The van der Waals surface area contributed by atoms with Gasteiger partial charge in [0.15, 0.2) is 5.78 Å². The molecule has 0 spiro atoms. The molecule has 110 valence electrons. The first-order chi connectivity index (χ1) is 10.4. The molecular formula is C17H12O5. The van der Waals surface area contributed by atoms with E-state index in [1.54, 1.807) is 13.0 Å². The summed E-state index contributed by atoms with van der Waals surface area (Å²) in [6.07, 6.45) is 0. The SMILES string of the molecule is CC(=O)c1cc(C)c2oc3ccc(C(=O)O)cc3c(=O)c2c1. The van der Waals surface area contributed by atoms with Gasteiger partial charge in [0.05, 0.1) is 16.3 Å². The molecule has 0 unspecified atom stereocenters. The van der Waals surface area contributed by atoms with Crippen molar-refractivity contribution in [2.45, 2.75) is 13.8 Å². The van der Waals surface area contributed by atoms with Crippen LogP contribution in [0.1, 0.15) is 33.2 Å². The van der Waals surface area contributed by atoms with E-state index < -0.39 is 5.97 Å². The minimum Gasteiger partial charge on any atom is -0.478 e. The Labute approximate surface area is 124 Å². The number of carbonyl (C=O) groups is 2. The first kappa shape index (κ1) is 14.0. The second kappa shape index (κ2) is 4.80. The number of benzene rings is 2. The van der Waals surface area contributed by atoms with Gasteiger partial charge in [0.2, 0.25) is 5.43 Å². The molecule has 5 nitrogen and oxygen atoms in total. The lowest BCUT2D eigenvalue weighted by Gasteiger charge is -2.06. The summed E-state index contributed by atoms with van der Waals surface area (Å²) in [5.74, 6) is -1.26. The fourth-order valence-corrected chi connectivity index (χ4v) is 2.47. The summed E-state index contributed by atoms with van der Waals surface area (Å²) in [6, 6.07) is 7.31. The van der Waals surface area contributed by atoms with Gasteiger partial charge in [-0.1, -0.05) is 0 Å². The smallest absolute Gasteiger partial charge is 0.335 e. The van der Waals surface area contributed by atoms with Crippen LogP contribution in [0.5, 0.6) is 0 Å². The van der Waals surface area contributed by atoms with Crippen molar-refractivity contribution in [2.75, 3.05) is 0 Å². The zero-order valence-electron chi connectivity index (χ0n) is 12.0. The van der Waals surface area contributed by atoms with Crippen LogP contribution in [0.25, 0.3) is 21.9 Å². The van der Waals surface area contributed by atoms with Gasteiger partial charge in [-0.25, -0.2) is 4.79 Å². The molecule has 5 heteroatoms. The van der Waals surface area contributed by atoms with Crippen molar-refractivity contribution in [2.24, 2.45) is 0 Å². The van der Waals surface area contributed by atoms with Crippen molar-refractivity contribution in [3.63, 3.8) is 0 Å². The summed E-state index contributed by atoms with van der Waals surface area (Å²) in [4.78, 5) is 35.2. The molecule has 3 rings (SSSR count). The Hall–Kier alpha value is -2.95. The van der Waals surface area contributed by atoms with Gasteiger partial charge in [0, 0.05) is 5.56 Å². The second-order valence-electron chi connectivity index (χ2n) is 5.17. The molecule has 3 aromatic rings. The summed E-state index contributed by atoms with van der Waals surface area (Å²) in [5, 5.41) is 9.50. The molecule has 0 radical (unpaired) electrons. The topological polar surface area (TPSA) is 84.6 Å². The van der Waals surface area contributed by atoms with Crippen molar-refractivity contribution < 1.29 is 19.1 Å². The van der Waals surface area contributed by atoms with Crippen LogP contribution < -0.4 is 5.43 Å². The molecule has 1 aromatic heterocycles. The molecule has 0 aliphatic rings. The molecule has 0 aliphatic carbocycles. The zero-order valence-corrected chi connectivity index (χ0v) is 12.0. The molecule has 0 amide bonds. The van der Waals surface area contributed by atoms with Crippen LogP contribution in [0, 0.1) is 6.92 Å². The van der Waals surface area contributed by atoms with Gasteiger partial charge >= 0.3 is 5.97 Å². The fourth-order valence-electron chi connectivity index (χ4n) is 2.47. The number of ketones is 1. The van der Waals surface area contributed by atoms with E-state index in [1.165, 1.54) is 31.2 Å². The highest BCUT2D eigenvalue weighted by Crippen LogP contribution is 2.24. The number of fused-ring (bicyclic) bond motifs is 2. The molecule has 0 saturated heterocycles. The van der Waals surface area contributed by atoms with Gasteiger partial charge in [-0.15, -0.1) is 0 Å². The van der Waals surface area contributed by atoms with Crippen molar-refractivity contribution in [3.05, 3.63) is 57.2 Å². The van der Waals surface area contributed by atoms with Crippen LogP contribution in [-0.4, -0.2) is 16.9 Å². The molecule has 22 heavy (non-hydrogen) atoms. The maximum absolute atomic E-state index is 12.6. The van der Waals surface area contributed by atoms with E-state index in [0.717, 1.165) is 0 Å². The number of carboxylic acid groups (broad SMARTS) is 1. The summed E-state index contributed by atoms with van der Waals surface area (Å²) in [5.41, 5.74) is 1.51. The molecule has 0 saturated carbocycles. The van der Waals surface area contributed by atoms with E-state index in [-0.39, 0.29) is 27.5 Å². The molecule has 2 aromatic carbocycles. The Kier molecular flexibility index (Phi) is 3.06. The van der Waals surface area contributed by atoms with Gasteiger partial charge in [0.1, 0.15) is 11.2 Å². The highest BCUT2D eigenvalue weighted by molar-refractivity contribution is 6.01. The van der Waals surface area contributed by atoms with E-state index in [4.69, 9.17) is 9.52 Å². The third-order valence-corrected chi connectivity index (χ3v) is 3.61. The molecule has 0 atom stereocenters. The minimum atomic E-state index is -1.12. The Morgan fingerprint density at radius 2 is 1.73 bits per heavy atom. The quantitative estimate of drug-likeness (QED) is 0.580. The van der Waals surface area contributed by atoms with Gasteiger partial charge in [-0.05, 0) is 49.7 Å². The normalized spacial score (nSPS) is 11.0. The Morgan fingerprint density at radius 3 is 2.36 bits per heavy atom. The van der Waals surface area contributed by atoms with Gasteiger partial charge in [-0.2, -0.15) is 0 Å². The van der Waals surface area contributed by atoms with Crippen LogP contribution >= 0.6 is 0 Å². The maximum Gasteiger partial charge on any atom is 0.335 e. The second-order valence-corrected chi connectivity index (χ2v) is 5.17. The average molecular weight is 296 g/mol. The number of hydrogen-bond acceptors (Lipinski definition) is 4. The molecule has 0 aliphatic heterocycles. The van der Waals surface area contributed by atoms with E-state index in [2.05, 4.69) is 0 Å². The van der Waals surface area contributed by atoms with E-state index in [9.17, 15) is 14.4 Å². The number of rotatable bonds is 2. The van der Waals surface area contributed by atoms with Gasteiger partial charge in [0.25, 0.3) is 0 Å². The molecule has 1 N–H and O–H groups in total. The number of aromatic carboxylic acids is 1. The highest BCUT2D eigenvalue weighted by atomic mass is 16.4. The average Bonchev–Trinajstić information content (AvgIpc) is 2.47. The van der Waals surface area contributed by atoms with Crippen LogP contribution in [0.4, 0.5) is 0 Å². The van der Waals surface area contributed by atoms with Crippen LogP contribution in [-0.2, 0) is 0 Å². The van der Waals surface area contributed by atoms with Crippen molar-refractivity contribution in [1.82, 2.24) is 0 Å². The van der Waals surface area contributed by atoms with Gasteiger partial charge in [-0.3, -0.25) is 9.59 Å². The summed E-state index contributed by atoms with van der Waals surface area (Å²) in [7, 11) is 0. The Morgan fingerprint density at radius 1 is 1.05 bits per heavy atom. The van der Waals surface area contributed by atoms with E-state index >= 15 is 0 Å². The van der Waals surface area contributed by atoms with Gasteiger partial charge < -0.3 is 9.52 Å². The van der Waals surface area contributed by atoms with Crippen LogP contribution in [0.2, 0.25) is 0 Å².